The maximum atomic E-state index is 10.7. The van der Waals surface area contributed by atoms with E-state index in [1.54, 1.807) is 23.6 Å². The molecule has 78 valence electrons. The number of rotatable bonds is 3. The van der Waals surface area contributed by atoms with E-state index in [0.717, 1.165) is 4.60 Å². The van der Waals surface area contributed by atoms with Gasteiger partial charge in [-0.3, -0.25) is 0 Å². The normalized spacial score (nSPS) is 10.5. The fourth-order valence-electron chi connectivity index (χ4n) is 1.30. The van der Waals surface area contributed by atoms with Gasteiger partial charge in [-0.1, -0.05) is 0 Å². The largest absolute Gasteiger partial charge is 0.478 e. The summed E-state index contributed by atoms with van der Waals surface area (Å²) < 4.78 is 2.65. The van der Waals surface area contributed by atoms with Gasteiger partial charge in [0.05, 0.1) is 10.2 Å². The minimum absolute atomic E-state index is 0.303. The molecule has 5 heteroatoms. The van der Waals surface area contributed by atoms with Gasteiger partial charge >= 0.3 is 5.97 Å². The van der Waals surface area contributed by atoms with Gasteiger partial charge in [-0.05, 0) is 44.4 Å². The molecular weight excluding hydrogens is 278 g/mol. The molecule has 0 bridgehead atoms. The van der Waals surface area contributed by atoms with Crippen LogP contribution in [0.1, 0.15) is 15.9 Å². The molecule has 2 rings (SSSR count). The zero-order chi connectivity index (χ0) is 10.8. The van der Waals surface area contributed by atoms with Crippen LogP contribution in [0.15, 0.2) is 33.7 Å². The van der Waals surface area contributed by atoms with Gasteiger partial charge in [0.25, 0.3) is 0 Å². The predicted molar refractivity (Wildman–Crippen MR) is 62.5 cm³/mol. The van der Waals surface area contributed by atoms with Crippen LogP contribution in [0.5, 0.6) is 0 Å². The van der Waals surface area contributed by atoms with E-state index in [4.69, 9.17) is 5.11 Å². The molecule has 15 heavy (non-hydrogen) atoms. The molecule has 1 N–H and O–H groups in total. The molecule has 0 saturated carbocycles. The molecule has 0 amide bonds. The fourth-order valence-corrected chi connectivity index (χ4v) is 2.43. The average molecular weight is 286 g/mol. The van der Waals surface area contributed by atoms with Crippen LogP contribution >= 0.6 is 27.3 Å². The summed E-state index contributed by atoms with van der Waals surface area (Å²) >= 11 is 4.97. The fraction of sp³-hybridized carbons (Fsp3) is 0.100. The van der Waals surface area contributed by atoms with Gasteiger partial charge in [-0.15, -0.1) is 0 Å². The second-order valence-corrected chi connectivity index (χ2v) is 4.71. The van der Waals surface area contributed by atoms with Gasteiger partial charge < -0.3 is 9.67 Å². The second kappa shape index (κ2) is 4.20. The Hall–Kier alpha value is -1.07. The molecule has 0 spiro atoms. The Bertz CT molecular complexity index is 476. The van der Waals surface area contributed by atoms with Crippen LogP contribution < -0.4 is 0 Å². The number of carboxylic acid groups (broad SMARTS) is 1. The van der Waals surface area contributed by atoms with Crippen molar-refractivity contribution in [3.05, 3.63) is 44.8 Å². The first-order valence-corrected chi connectivity index (χ1v) is 6.00. The molecule has 0 aromatic carbocycles. The molecule has 2 aromatic heterocycles. The van der Waals surface area contributed by atoms with E-state index < -0.39 is 5.97 Å². The minimum atomic E-state index is -0.903. The Balaban J connectivity index is 2.25. The lowest BCUT2D eigenvalue weighted by Crippen LogP contribution is -1.97. The molecule has 2 heterocycles. The van der Waals surface area contributed by atoms with Crippen molar-refractivity contribution in [3.63, 3.8) is 0 Å². The number of halogens is 1. The van der Waals surface area contributed by atoms with Gasteiger partial charge in [-0.2, -0.15) is 11.3 Å². The van der Waals surface area contributed by atoms with Crippen molar-refractivity contribution in [3.8, 4) is 0 Å². The highest BCUT2D eigenvalue weighted by molar-refractivity contribution is 9.10. The highest BCUT2D eigenvalue weighted by Gasteiger charge is 2.09. The van der Waals surface area contributed by atoms with Crippen molar-refractivity contribution in [2.75, 3.05) is 0 Å². The molecular formula is C10H8BrNO2S. The van der Waals surface area contributed by atoms with Crippen LogP contribution in [0.4, 0.5) is 0 Å². The van der Waals surface area contributed by atoms with Gasteiger partial charge in [0.15, 0.2) is 0 Å². The van der Waals surface area contributed by atoms with E-state index in [2.05, 4.69) is 15.9 Å². The smallest absolute Gasteiger partial charge is 0.337 e. The van der Waals surface area contributed by atoms with Crippen molar-refractivity contribution < 1.29 is 9.90 Å². The van der Waals surface area contributed by atoms with Crippen molar-refractivity contribution >= 4 is 33.2 Å². The van der Waals surface area contributed by atoms with Crippen LogP contribution in [0.2, 0.25) is 0 Å². The molecule has 0 radical (unpaired) electrons. The van der Waals surface area contributed by atoms with Crippen molar-refractivity contribution in [1.29, 1.82) is 0 Å². The lowest BCUT2D eigenvalue weighted by atomic mass is 10.3. The molecule has 0 fully saturated rings. The number of carboxylic acids is 1. The van der Waals surface area contributed by atoms with Crippen LogP contribution in [-0.4, -0.2) is 15.6 Å². The first-order valence-electron chi connectivity index (χ1n) is 4.27. The van der Waals surface area contributed by atoms with E-state index >= 15 is 0 Å². The number of aromatic carboxylic acids is 1. The van der Waals surface area contributed by atoms with Crippen LogP contribution in [0.25, 0.3) is 0 Å². The van der Waals surface area contributed by atoms with Crippen LogP contribution in [0, 0.1) is 0 Å². The molecule has 2 aromatic rings. The summed E-state index contributed by atoms with van der Waals surface area (Å²) in [6, 6.07) is 3.63. The molecule has 3 nitrogen and oxygen atoms in total. The Morgan fingerprint density at radius 3 is 2.93 bits per heavy atom. The second-order valence-electron chi connectivity index (χ2n) is 3.12. The summed E-state index contributed by atoms with van der Waals surface area (Å²) in [4.78, 5) is 10.7. The molecule has 0 saturated heterocycles. The number of hydrogen-bond donors (Lipinski definition) is 1. The summed E-state index contributed by atoms with van der Waals surface area (Å²) in [6.45, 7) is 0.692. The number of hydrogen-bond acceptors (Lipinski definition) is 2. The maximum Gasteiger partial charge on any atom is 0.337 e. The Kier molecular flexibility index (Phi) is 2.93. The van der Waals surface area contributed by atoms with Crippen LogP contribution in [0.3, 0.4) is 0 Å². The lowest BCUT2D eigenvalue weighted by molar-refractivity contribution is 0.0697. The Morgan fingerprint density at radius 1 is 1.60 bits per heavy atom. The van der Waals surface area contributed by atoms with E-state index in [-0.39, 0.29) is 0 Å². The third-order valence-corrected chi connectivity index (χ3v) is 3.44. The Labute approximate surface area is 99.1 Å². The summed E-state index contributed by atoms with van der Waals surface area (Å²) in [5.41, 5.74) is 1.48. The summed E-state index contributed by atoms with van der Waals surface area (Å²) in [5.74, 6) is -0.903. The van der Waals surface area contributed by atoms with E-state index in [1.165, 1.54) is 5.56 Å². The number of nitrogens with zero attached hydrogens (tertiary/aromatic N) is 1. The monoisotopic (exact) mass is 285 g/mol. The first-order chi connectivity index (χ1) is 7.16. The van der Waals surface area contributed by atoms with E-state index in [0.29, 0.717) is 12.1 Å². The number of thiophene rings is 1. The van der Waals surface area contributed by atoms with Crippen LogP contribution in [-0.2, 0) is 6.54 Å². The van der Waals surface area contributed by atoms with Crippen molar-refractivity contribution in [2.24, 2.45) is 0 Å². The standard InChI is InChI=1S/C10H8BrNO2S/c11-9-3-8(10(13)14)5-12(9)4-7-1-2-15-6-7/h1-3,5-6H,4H2,(H,13,14). The molecule has 0 unspecified atom stereocenters. The lowest BCUT2D eigenvalue weighted by Gasteiger charge is -2.01. The molecule has 0 atom stereocenters. The molecule has 0 aliphatic carbocycles. The topological polar surface area (TPSA) is 42.2 Å². The predicted octanol–water partition coefficient (Wildman–Crippen LogP) is 3.06. The van der Waals surface area contributed by atoms with Gasteiger partial charge in [0.1, 0.15) is 0 Å². The summed E-state index contributed by atoms with van der Waals surface area (Å²) in [6.07, 6.45) is 1.63. The maximum absolute atomic E-state index is 10.7. The van der Waals surface area contributed by atoms with Crippen molar-refractivity contribution in [1.82, 2.24) is 4.57 Å². The zero-order valence-electron chi connectivity index (χ0n) is 7.68. The third kappa shape index (κ3) is 2.30. The third-order valence-electron chi connectivity index (χ3n) is 2.02. The number of carbonyl (C=O) groups is 1. The molecule has 0 aliphatic heterocycles. The minimum Gasteiger partial charge on any atom is -0.478 e. The first kappa shape index (κ1) is 10.4. The highest BCUT2D eigenvalue weighted by atomic mass is 79.9. The molecule has 0 aliphatic rings. The zero-order valence-corrected chi connectivity index (χ0v) is 10.1. The van der Waals surface area contributed by atoms with Gasteiger partial charge in [0, 0.05) is 12.7 Å². The van der Waals surface area contributed by atoms with Gasteiger partial charge in [-0.25, -0.2) is 4.79 Å². The number of aromatic nitrogens is 1. The van der Waals surface area contributed by atoms with E-state index in [9.17, 15) is 4.79 Å². The highest BCUT2D eigenvalue weighted by Crippen LogP contribution is 2.18. The van der Waals surface area contributed by atoms with Gasteiger partial charge in [0.2, 0.25) is 0 Å². The Morgan fingerprint density at radius 2 is 2.40 bits per heavy atom. The average Bonchev–Trinajstić information content (AvgIpc) is 2.77. The van der Waals surface area contributed by atoms with Crippen molar-refractivity contribution in [2.45, 2.75) is 6.54 Å². The SMILES string of the molecule is O=C(O)c1cc(Br)n(Cc2ccsc2)c1. The summed E-state index contributed by atoms with van der Waals surface area (Å²) in [7, 11) is 0. The summed E-state index contributed by atoms with van der Waals surface area (Å²) in [5, 5.41) is 12.9. The van der Waals surface area contributed by atoms with E-state index in [1.807, 2.05) is 21.4 Å². The quantitative estimate of drug-likeness (QED) is 0.942.